The number of hydrogen-bond acceptors (Lipinski definition) is 4. The Morgan fingerprint density at radius 2 is 2.29 bits per heavy atom. The number of carbonyl (C=O) groups is 1. The zero-order valence-corrected chi connectivity index (χ0v) is 7.73. The molecule has 0 aromatic carbocycles. The van der Waals surface area contributed by atoms with Gasteiger partial charge in [0, 0.05) is 12.6 Å². The number of nitrogens with zero attached hydrogens (tertiary/aromatic N) is 2. The summed E-state index contributed by atoms with van der Waals surface area (Å²) in [7, 11) is 0. The van der Waals surface area contributed by atoms with Crippen LogP contribution in [0.15, 0.2) is 6.20 Å². The molecule has 1 aliphatic carbocycles. The van der Waals surface area contributed by atoms with E-state index in [1.807, 2.05) is 0 Å². The van der Waals surface area contributed by atoms with E-state index < -0.39 is 5.91 Å². The van der Waals surface area contributed by atoms with Gasteiger partial charge in [0.25, 0.3) is 5.91 Å². The third-order valence-electron chi connectivity index (χ3n) is 2.30. The Morgan fingerprint density at radius 1 is 1.57 bits per heavy atom. The van der Waals surface area contributed by atoms with E-state index in [1.165, 1.54) is 19.0 Å². The van der Waals surface area contributed by atoms with Gasteiger partial charge in [-0.3, -0.25) is 4.79 Å². The number of amides is 1. The average molecular weight is 192 g/mol. The first-order chi connectivity index (χ1) is 6.66. The van der Waals surface area contributed by atoms with Crippen molar-refractivity contribution in [1.82, 2.24) is 9.97 Å². The van der Waals surface area contributed by atoms with Crippen LogP contribution in [-0.4, -0.2) is 15.9 Å². The van der Waals surface area contributed by atoms with Gasteiger partial charge < -0.3 is 11.5 Å². The highest BCUT2D eigenvalue weighted by atomic mass is 16.1. The van der Waals surface area contributed by atoms with Gasteiger partial charge >= 0.3 is 0 Å². The van der Waals surface area contributed by atoms with Crippen molar-refractivity contribution in [2.75, 3.05) is 5.73 Å². The van der Waals surface area contributed by atoms with Crippen LogP contribution in [-0.2, 0) is 6.42 Å². The third-order valence-corrected chi connectivity index (χ3v) is 2.30. The third kappa shape index (κ3) is 1.81. The van der Waals surface area contributed by atoms with E-state index in [0.29, 0.717) is 11.7 Å². The molecule has 2 rings (SSSR count). The molecule has 1 aromatic heterocycles. The maximum Gasteiger partial charge on any atom is 0.254 e. The van der Waals surface area contributed by atoms with Crippen LogP contribution in [0.5, 0.6) is 0 Å². The van der Waals surface area contributed by atoms with Crippen molar-refractivity contribution >= 4 is 11.7 Å². The lowest BCUT2D eigenvalue weighted by atomic mass is 10.2. The summed E-state index contributed by atoms with van der Waals surface area (Å²) in [6.07, 6.45) is 4.73. The van der Waals surface area contributed by atoms with Gasteiger partial charge in [0.05, 0.1) is 5.56 Å². The van der Waals surface area contributed by atoms with Gasteiger partial charge in [0.1, 0.15) is 11.6 Å². The van der Waals surface area contributed by atoms with Crippen molar-refractivity contribution in [3.63, 3.8) is 0 Å². The first-order valence-corrected chi connectivity index (χ1v) is 4.58. The summed E-state index contributed by atoms with van der Waals surface area (Å²) in [4.78, 5) is 18.9. The van der Waals surface area contributed by atoms with Gasteiger partial charge in [-0.05, 0) is 18.8 Å². The number of aromatic nitrogens is 2. The highest BCUT2D eigenvalue weighted by Gasteiger charge is 2.23. The van der Waals surface area contributed by atoms with Crippen LogP contribution in [0.4, 0.5) is 5.82 Å². The summed E-state index contributed by atoms with van der Waals surface area (Å²) >= 11 is 0. The Morgan fingerprint density at radius 3 is 2.79 bits per heavy atom. The normalized spacial score (nSPS) is 15.4. The van der Waals surface area contributed by atoms with Crippen molar-refractivity contribution in [2.45, 2.75) is 19.3 Å². The van der Waals surface area contributed by atoms with E-state index in [4.69, 9.17) is 11.5 Å². The molecule has 1 aliphatic rings. The van der Waals surface area contributed by atoms with E-state index in [2.05, 4.69) is 9.97 Å². The van der Waals surface area contributed by atoms with Gasteiger partial charge in [0.2, 0.25) is 0 Å². The van der Waals surface area contributed by atoms with Crippen LogP contribution in [0, 0.1) is 5.92 Å². The summed E-state index contributed by atoms with van der Waals surface area (Å²) in [6, 6.07) is 0. The number of anilines is 1. The average Bonchev–Trinajstić information content (AvgIpc) is 2.87. The molecule has 1 fully saturated rings. The fourth-order valence-electron chi connectivity index (χ4n) is 1.30. The van der Waals surface area contributed by atoms with Crippen LogP contribution < -0.4 is 11.5 Å². The zero-order chi connectivity index (χ0) is 10.1. The molecule has 5 heteroatoms. The molecule has 74 valence electrons. The molecule has 0 aliphatic heterocycles. The molecule has 0 radical (unpaired) electrons. The highest BCUT2D eigenvalue weighted by Crippen LogP contribution is 2.31. The number of nitrogens with two attached hydrogens (primary N) is 2. The summed E-state index contributed by atoms with van der Waals surface area (Å²) in [6.45, 7) is 0. The minimum Gasteiger partial charge on any atom is -0.383 e. The molecule has 1 aromatic rings. The summed E-state index contributed by atoms with van der Waals surface area (Å²) in [5.74, 6) is 1.01. The fraction of sp³-hybridized carbons (Fsp3) is 0.444. The largest absolute Gasteiger partial charge is 0.383 e. The van der Waals surface area contributed by atoms with Gasteiger partial charge in [-0.1, -0.05) is 0 Å². The summed E-state index contributed by atoms with van der Waals surface area (Å²) in [5.41, 5.74) is 10.8. The van der Waals surface area contributed by atoms with E-state index in [-0.39, 0.29) is 11.4 Å². The second-order valence-corrected chi connectivity index (χ2v) is 3.60. The highest BCUT2D eigenvalue weighted by molar-refractivity contribution is 5.96. The summed E-state index contributed by atoms with van der Waals surface area (Å²) in [5, 5.41) is 0. The first kappa shape index (κ1) is 8.93. The van der Waals surface area contributed by atoms with Crippen molar-refractivity contribution in [3.8, 4) is 0 Å². The maximum absolute atomic E-state index is 10.8. The molecule has 1 heterocycles. The van der Waals surface area contributed by atoms with Crippen LogP contribution in [0.2, 0.25) is 0 Å². The molecule has 0 unspecified atom stereocenters. The molecular weight excluding hydrogens is 180 g/mol. The lowest BCUT2D eigenvalue weighted by Crippen LogP contribution is -2.16. The minimum absolute atomic E-state index is 0.183. The quantitative estimate of drug-likeness (QED) is 0.710. The number of carbonyl (C=O) groups excluding carboxylic acids is 1. The van der Waals surface area contributed by atoms with Crippen molar-refractivity contribution < 1.29 is 4.79 Å². The van der Waals surface area contributed by atoms with Gasteiger partial charge in [-0.2, -0.15) is 0 Å². The molecule has 1 amide bonds. The molecule has 4 N–H and O–H groups in total. The number of rotatable bonds is 3. The van der Waals surface area contributed by atoms with Crippen molar-refractivity contribution in [3.05, 3.63) is 17.6 Å². The predicted molar refractivity (Wildman–Crippen MR) is 51.4 cm³/mol. The van der Waals surface area contributed by atoms with Gasteiger partial charge in [-0.25, -0.2) is 9.97 Å². The van der Waals surface area contributed by atoms with Crippen molar-refractivity contribution in [2.24, 2.45) is 11.7 Å². The zero-order valence-electron chi connectivity index (χ0n) is 7.73. The van der Waals surface area contributed by atoms with Gasteiger partial charge in [0.15, 0.2) is 0 Å². The molecule has 1 saturated carbocycles. The monoisotopic (exact) mass is 192 g/mol. The Balaban J connectivity index is 2.20. The van der Waals surface area contributed by atoms with Crippen molar-refractivity contribution in [1.29, 1.82) is 0 Å². The second-order valence-electron chi connectivity index (χ2n) is 3.60. The molecule has 5 nitrogen and oxygen atoms in total. The molecular formula is C9H12N4O. The Kier molecular flexibility index (Phi) is 2.07. The van der Waals surface area contributed by atoms with Gasteiger partial charge in [-0.15, -0.1) is 0 Å². The fourth-order valence-corrected chi connectivity index (χ4v) is 1.30. The number of primary amides is 1. The first-order valence-electron chi connectivity index (χ1n) is 4.58. The smallest absolute Gasteiger partial charge is 0.254 e. The Bertz CT molecular complexity index is 373. The van der Waals surface area contributed by atoms with Crippen LogP contribution in [0.1, 0.15) is 29.0 Å². The number of nitrogen functional groups attached to an aromatic ring is 1. The van der Waals surface area contributed by atoms with E-state index in [0.717, 1.165) is 6.42 Å². The molecule has 0 saturated heterocycles. The molecule has 0 spiro atoms. The Hall–Kier alpha value is -1.65. The van der Waals surface area contributed by atoms with Crippen LogP contribution in [0.3, 0.4) is 0 Å². The van der Waals surface area contributed by atoms with Crippen LogP contribution in [0.25, 0.3) is 0 Å². The standard InChI is InChI=1S/C9H12N4O/c10-8-6(9(11)14)4-12-7(13-8)3-5-1-2-5/h4-5H,1-3H2,(H2,11,14)(H2,10,12,13). The van der Waals surface area contributed by atoms with E-state index in [9.17, 15) is 4.79 Å². The molecule has 0 bridgehead atoms. The Labute approximate surface area is 81.5 Å². The second kappa shape index (κ2) is 3.25. The SMILES string of the molecule is NC(=O)c1cnc(CC2CC2)nc1N. The predicted octanol–water partition coefficient (Wildman–Crippen LogP) is 0.110. The van der Waals surface area contributed by atoms with E-state index in [1.54, 1.807) is 0 Å². The topological polar surface area (TPSA) is 94.9 Å². The minimum atomic E-state index is -0.583. The lowest BCUT2D eigenvalue weighted by Gasteiger charge is -2.02. The molecule has 0 atom stereocenters. The maximum atomic E-state index is 10.8. The molecule has 14 heavy (non-hydrogen) atoms. The summed E-state index contributed by atoms with van der Waals surface area (Å²) < 4.78 is 0. The van der Waals surface area contributed by atoms with Crippen LogP contribution >= 0.6 is 0 Å². The van der Waals surface area contributed by atoms with E-state index >= 15 is 0 Å². The number of hydrogen-bond donors (Lipinski definition) is 2. The lowest BCUT2D eigenvalue weighted by molar-refractivity contribution is 0.100.